The van der Waals surface area contributed by atoms with Gasteiger partial charge in [-0.15, -0.1) is 0 Å². The smallest absolute Gasteiger partial charge is 0.308 e. The Bertz CT molecular complexity index is 518. The fourth-order valence-corrected chi connectivity index (χ4v) is 1.74. The molecule has 7 heteroatoms. The number of hydrogen-bond acceptors (Lipinski definition) is 2. The minimum atomic E-state index is -4.44. The van der Waals surface area contributed by atoms with Gasteiger partial charge in [-0.1, -0.05) is 0 Å². The van der Waals surface area contributed by atoms with Gasteiger partial charge in [0.05, 0.1) is 0 Å². The number of imidazole rings is 1. The molecule has 0 aliphatic rings. The Balaban J connectivity index is 2.75. The normalized spacial score (nSPS) is 12.3. The molecule has 2 heterocycles. The fourth-order valence-electron chi connectivity index (χ4n) is 1.31. The van der Waals surface area contributed by atoms with Crippen LogP contribution >= 0.6 is 22.6 Å². The number of rotatable bonds is 0. The predicted molar refractivity (Wildman–Crippen MR) is 56.2 cm³/mol. The molecule has 0 atom stereocenters. The lowest BCUT2D eigenvalue weighted by molar-refractivity contribution is -0.146. The van der Waals surface area contributed by atoms with E-state index in [1.54, 1.807) is 6.07 Å². The van der Waals surface area contributed by atoms with Gasteiger partial charge < -0.3 is 4.57 Å². The van der Waals surface area contributed by atoms with Gasteiger partial charge >= 0.3 is 6.18 Å². The largest absolute Gasteiger partial charge is 0.449 e. The average Bonchev–Trinajstić information content (AvgIpc) is 2.42. The van der Waals surface area contributed by atoms with Gasteiger partial charge in [0, 0.05) is 16.8 Å². The second-order valence-electron chi connectivity index (χ2n) is 2.99. The highest BCUT2D eigenvalue weighted by atomic mass is 127. The molecule has 0 spiro atoms. The van der Waals surface area contributed by atoms with Gasteiger partial charge in [0.1, 0.15) is 5.52 Å². The van der Waals surface area contributed by atoms with Crippen molar-refractivity contribution < 1.29 is 13.2 Å². The van der Waals surface area contributed by atoms with Crippen LogP contribution in [0.4, 0.5) is 13.2 Å². The number of alkyl halides is 3. The molecular formula is C8H5F3IN3. The summed E-state index contributed by atoms with van der Waals surface area (Å²) in [5.74, 6) is -0.924. The molecule has 2 aromatic rings. The van der Waals surface area contributed by atoms with Gasteiger partial charge in [0.2, 0.25) is 5.82 Å². The average molecular weight is 327 g/mol. The zero-order valence-corrected chi connectivity index (χ0v) is 9.67. The van der Waals surface area contributed by atoms with E-state index in [4.69, 9.17) is 0 Å². The number of pyridine rings is 1. The van der Waals surface area contributed by atoms with E-state index in [2.05, 4.69) is 9.97 Å². The van der Waals surface area contributed by atoms with E-state index < -0.39 is 12.0 Å². The van der Waals surface area contributed by atoms with E-state index in [0.717, 1.165) is 8.14 Å². The molecule has 0 fully saturated rings. The molecule has 80 valence electrons. The Hall–Kier alpha value is -0.860. The maximum Gasteiger partial charge on any atom is 0.449 e. The first kappa shape index (κ1) is 10.7. The van der Waals surface area contributed by atoms with E-state index in [0.29, 0.717) is 0 Å². The highest BCUT2D eigenvalue weighted by Crippen LogP contribution is 2.30. The van der Waals surface area contributed by atoms with E-state index in [9.17, 15) is 13.2 Å². The van der Waals surface area contributed by atoms with Gasteiger partial charge in [-0.25, -0.2) is 9.97 Å². The quantitative estimate of drug-likeness (QED) is 0.697. The van der Waals surface area contributed by atoms with Gasteiger partial charge in [0.15, 0.2) is 5.65 Å². The molecule has 0 aliphatic carbocycles. The molecule has 2 aromatic heterocycles. The van der Waals surface area contributed by atoms with Crippen molar-refractivity contribution in [2.45, 2.75) is 6.18 Å². The monoisotopic (exact) mass is 327 g/mol. The summed E-state index contributed by atoms with van der Waals surface area (Å²) in [6.07, 6.45) is -2.94. The molecule has 0 aromatic carbocycles. The van der Waals surface area contributed by atoms with Crippen LogP contribution < -0.4 is 0 Å². The third-order valence-electron chi connectivity index (χ3n) is 1.93. The predicted octanol–water partition coefficient (Wildman–Crippen LogP) is 2.59. The van der Waals surface area contributed by atoms with Crippen LogP contribution in [0.15, 0.2) is 12.3 Å². The minimum absolute atomic E-state index is 0.239. The van der Waals surface area contributed by atoms with Gasteiger partial charge in [-0.05, 0) is 28.7 Å². The number of halogens is 4. The van der Waals surface area contributed by atoms with E-state index in [1.807, 2.05) is 22.6 Å². The summed E-state index contributed by atoms with van der Waals surface area (Å²) in [4.78, 5) is 7.42. The maximum absolute atomic E-state index is 12.5. The fraction of sp³-hybridized carbons (Fsp3) is 0.250. The lowest BCUT2D eigenvalue weighted by atomic mass is 10.4. The van der Waals surface area contributed by atoms with Crippen LogP contribution in [0, 0.1) is 3.57 Å². The molecule has 0 aliphatic heterocycles. The third kappa shape index (κ3) is 1.80. The Morgan fingerprint density at radius 1 is 1.40 bits per heavy atom. The number of hydrogen-bond donors (Lipinski definition) is 0. The van der Waals surface area contributed by atoms with Crippen LogP contribution in [0.1, 0.15) is 5.82 Å². The zero-order chi connectivity index (χ0) is 11.2. The summed E-state index contributed by atoms with van der Waals surface area (Å²) >= 11 is 1.98. The Labute approximate surface area is 96.5 Å². The Kier molecular flexibility index (Phi) is 2.36. The number of aromatic nitrogens is 3. The molecule has 0 saturated heterocycles. The Morgan fingerprint density at radius 3 is 2.67 bits per heavy atom. The minimum Gasteiger partial charge on any atom is -0.308 e. The van der Waals surface area contributed by atoms with Crippen molar-refractivity contribution in [1.82, 2.24) is 14.5 Å². The molecule has 0 amide bonds. The number of aryl methyl sites for hydroxylation is 1. The van der Waals surface area contributed by atoms with Crippen molar-refractivity contribution in [3.63, 3.8) is 0 Å². The molecule has 0 bridgehead atoms. The van der Waals surface area contributed by atoms with Gasteiger partial charge in [-0.2, -0.15) is 13.2 Å². The maximum atomic E-state index is 12.5. The topological polar surface area (TPSA) is 30.7 Å². The van der Waals surface area contributed by atoms with Crippen LogP contribution in [0.25, 0.3) is 11.2 Å². The highest BCUT2D eigenvalue weighted by Gasteiger charge is 2.36. The molecule has 3 nitrogen and oxygen atoms in total. The first-order valence-electron chi connectivity index (χ1n) is 3.95. The molecule has 0 unspecified atom stereocenters. The van der Waals surface area contributed by atoms with Crippen molar-refractivity contribution in [3.8, 4) is 0 Å². The van der Waals surface area contributed by atoms with E-state index >= 15 is 0 Å². The van der Waals surface area contributed by atoms with E-state index in [1.165, 1.54) is 13.2 Å². The van der Waals surface area contributed by atoms with E-state index in [-0.39, 0.29) is 11.2 Å². The van der Waals surface area contributed by atoms with Crippen molar-refractivity contribution in [1.29, 1.82) is 0 Å². The van der Waals surface area contributed by atoms with Crippen molar-refractivity contribution in [2.75, 3.05) is 0 Å². The molecular weight excluding hydrogens is 322 g/mol. The van der Waals surface area contributed by atoms with Crippen LogP contribution in [-0.2, 0) is 13.2 Å². The van der Waals surface area contributed by atoms with Crippen LogP contribution in [0.5, 0.6) is 0 Å². The summed E-state index contributed by atoms with van der Waals surface area (Å²) in [7, 11) is 1.30. The lowest BCUT2D eigenvalue weighted by Gasteiger charge is -2.04. The molecule has 15 heavy (non-hydrogen) atoms. The van der Waals surface area contributed by atoms with Crippen molar-refractivity contribution >= 4 is 33.8 Å². The zero-order valence-electron chi connectivity index (χ0n) is 7.51. The standard InChI is InChI=1S/C8H5F3IN3/c1-15-6-5(2-4(12)3-13-6)14-7(15)8(9,10)11/h2-3H,1H3. The second kappa shape index (κ2) is 3.32. The first-order valence-corrected chi connectivity index (χ1v) is 5.02. The molecule has 0 saturated carbocycles. The summed E-state index contributed by atoms with van der Waals surface area (Å²) in [5, 5.41) is 0. The molecule has 0 N–H and O–H groups in total. The first-order chi connectivity index (χ1) is 6.89. The molecule has 2 rings (SSSR count). The van der Waals surface area contributed by atoms with Gasteiger partial charge in [-0.3, -0.25) is 0 Å². The van der Waals surface area contributed by atoms with Crippen LogP contribution in [0.3, 0.4) is 0 Å². The van der Waals surface area contributed by atoms with Crippen molar-refractivity contribution in [2.24, 2.45) is 7.05 Å². The summed E-state index contributed by atoms with van der Waals surface area (Å²) in [6.45, 7) is 0. The summed E-state index contributed by atoms with van der Waals surface area (Å²) in [6, 6.07) is 1.57. The van der Waals surface area contributed by atoms with Crippen molar-refractivity contribution in [3.05, 3.63) is 21.7 Å². The summed E-state index contributed by atoms with van der Waals surface area (Å²) in [5.41, 5.74) is 0.500. The summed E-state index contributed by atoms with van der Waals surface area (Å²) < 4.78 is 39.1. The van der Waals surface area contributed by atoms with Crippen LogP contribution in [-0.4, -0.2) is 14.5 Å². The third-order valence-corrected chi connectivity index (χ3v) is 2.52. The number of fused-ring (bicyclic) bond motifs is 1. The Morgan fingerprint density at radius 2 is 2.07 bits per heavy atom. The highest BCUT2D eigenvalue weighted by molar-refractivity contribution is 14.1. The lowest BCUT2D eigenvalue weighted by Crippen LogP contribution is -2.12. The SMILES string of the molecule is Cn1c(C(F)(F)F)nc2cc(I)cnc21. The van der Waals surface area contributed by atoms with Crippen LogP contribution in [0.2, 0.25) is 0 Å². The second-order valence-corrected chi connectivity index (χ2v) is 4.23. The molecule has 0 radical (unpaired) electrons. The number of nitrogens with zero attached hydrogens (tertiary/aromatic N) is 3. The van der Waals surface area contributed by atoms with Gasteiger partial charge in [0.25, 0.3) is 0 Å².